The first kappa shape index (κ1) is 22.2. The van der Waals surface area contributed by atoms with Crippen LogP contribution in [-0.4, -0.2) is 36.0 Å². The molecule has 0 spiro atoms. The molecule has 37 heavy (non-hydrogen) atoms. The Kier molecular flexibility index (Phi) is 5.62. The molecule has 0 fully saturated rings. The smallest absolute Gasteiger partial charge is 0.272 e. The number of hydrogen-bond donors (Lipinski definition) is 4. The molecular formula is C28H22N8O. The van der Waals surface area contributed by atoms with E-state index < -0.39 is 0 Å². The Morgan fingerprint density at radius 1 is 0.892 bits per heavy atom. The summed E-state index contributed by atoms with van der Waals surface area (Å²) >= 11 is 0. The highest BCUT2D eigenvalue weighted by atomic mass is 16.1. The third kappa shape index (κ3) is 4.65. The lowest BCUT2D eigenvalue weighted by Gasteiger charge is -2.08. The van der Waals surface area contributed by atoms with E-state index in [0.717, 1.165) is 44.5 Å². The van der Waals surface area contributed by atoms with E-state index in [1.165, 1.54) is 0 Å². The number of fused-ring (bicyclic) bond motifs is 1. The van der Waals surface area contributed by atoms with Crippen LogP contribution in [0, 0.1) is 6.92 Å². The lowest BCUT2D eigenvalue weighted by molar-refractivity contribution is 0.102. The highest BCUT2D eigenvalue weighted by Gasteiger charge is 2.13. The molecule has 4 N–H and O–H groups in total. The minimum Gasteiger partial charge on any atom is -0.350 e. The zero-order chi connectivity index (χ0) is 25.2. The van der Waals surface area contributed by atoms with E-state index in [0.29, 0.717) is 17.3 Å². The van der Waals surface area contributed by atoms with E-state index in [1.54, 1.807) is 30.9 Å². The number of aromatic amines is 2. The number of pyridine rings is 1. The molecule has 4 heterocycles. The van der Waals surface area contributed by atoms with Crippen LogP contribution >= 0.6 is 0 Å². The predicted octanol–water partition coefficient (Wildman–Crippen LogP) is 5.71. The fraction of sp³-hybridized carbons (Fsp3) is 0.0357. The Morgan fingerprint density at radius 3 is 2.57 bits per heavy atom. The molecule has 0 unspecified atom stereocenters. The Hall–Kier alpha value is -5.31. The van der Waals surface area contributed by atoms with Gasteiger partial charge in [0.25, 0.3) is 5.91 Å². The van der Waals surface area contributed by atoms with Crippen molar-refractivity contribution in [3.63, 3.8) is 0 Å². The SMILES string of the molecule is Cc1cnccc1NC(=O)c1cc2ccc(-c3nccc(Nc4ccc(-c5cn[nH]c5)cc4)n3)cc2[nH]1. The summed E-state index contributed by atoms with van der Waals surface area (Å²) in [5.74, 6) is 1.05. The Morgan fingerprint density at radius 2 is 1.76 bits per heavy atom. The monoisotopic (exact) mass is 486 g/mol. The maximum absolute atomic E-state index is 12.8. The summed E-state index contributed by atoms with van der Waals surface area (Å²) in [5, 5.41) is 14.0. The molecular weight excluding hydrogens is 464 g/mol. The Bertz CT molecular complexity index is 1700. The van der Waals surface area contributed by atoms with E-state index in [9.17, 15) is 4.79 Å². The number of aromatic nitrogens is 6. The molecule has 0 atom stereocenters. The summed E-state index contributed by atoms with van der Waals surface area (Å²) in [7, 11) is 0. The van der Waals surface area contributed by atoms with Crippen LogP contribution in [0.1, 0.15) is 16.1 Å². The highest BCUT2D eigenvalue weighted by molar-refractivity contribution is 6.06. The van der Waals surface area contributed by atoms with Crippen molar-refractivity contribution < 1.29 is 4.79 Å². The van der Waals surface area contributed by atoms with Gasteiger partial charge in [0.15, 0.2) is 5.82 Å². The van der Waals surface area contributed by atoms with E-state index in [2.05, 4.69) is 40.8 Å². The number of amides is 1. The van der Waals surface area contributed by atoms with Crippen LogP contribution in [0.25, 0.3) is 33.4 Å². The number of H-pyrrole nitrogens is 2. The maximum atomic E-state index is 12.8. The number of carbonyl (C=O) groups is 1. The molecule has 0 radical (unpaired) electrons. The summed E-state index contributed by atoms with van der Waals surface area (Å²) in [6.07, 6.45) is 8.74. The lowest BCUT2D eigenvalue weighted by atomic mass is 10.1. The normalized spacial score (nSPS) is 10.9. The number of aryl methyl sites for hydroxylation is 1. The van der Waals surface area contributed by atoms with Crippen LogP contribution in [-0.2, 0) is 0 Å². The first-order valence-electron chi connectivity index (χ1n) is 11.7. The van der Waals surface area contributed by atoms with Crippen molar-refractivity contribution in [2.45, 2.75) is 6.92 Å². The molecule has 0 aliphatic rings. The molecule has 0 saturated carbocycles. The maximum Gasteiger partial charge on any atom is 0.272 e. The highest BCUT2D eigenvalue weighted by Crippen LogP contribution is 2.26. The van der Waals surface area contributed by atoms with Crippen LogP contribution in [0.5, 0.6) is 0 Å². The largest absolute Gasteiger partial charge is 0.350 e. The van der Waals surface area contributed by atoms with Crippen LogP contribution in [0.15, 0.2) is 91.6 Å². The van der Waals surface area contributed by atoms with E-state index in [1.807, 2.05) is 67.7 Å². The van der Waals surface area contributed by atoms with Crippen molar-refractivity contribution in [2.24, 2.45) is 0 Å². The van der Waals surface area contributed by atoms with Crippen molar-refractivity contribution in [1.29, 1.82) is 0 Å². The quantitative estimate of drug-likeness (QED) is 0.239. The number of anilines is 3. The Labute approximate surface area is 212 Å². The standard InChI is InChI=1S/C28H22N8O/c1-17-14-29-10-8-23(17)35-28(37)25-12-19-2-3-20(13-24(19)34-25)27-30-11-9-26(36-27)33-22-6-4-18(5-7-22)21-15-31-32-16-21/h2-16,34H,1H3,(H,31,32)(H,29,35,37)(H,30,33,36). The molecule has 6 aromatic rings. The number of nitrogens with one attached hydrogen (secondary N) is 4. The fourth-order valence-electron chi connectivity index (χ4n) is 4.06. The zero-order valence-corrected chi connectivity index (χ0v) is 19.9. The van der Waals surface area contributed by atoms with Gasteiger partial charge in [-0.05, 0) is 54.4 Å². The molecule has 2 aromatic carbocycles. The summed E-state index contributed by atoms with van der Waals surface area (Å²) in [6.45, 7) is 1.90. The van der Waals surface area contributed by atoms with E-state index >= 15 is 0 Å². The topological polar surface area (TPSA) is 124 Å². The second-order valence-electron chi connectivity index (χ2n) is 8.58. The van der Waals surface area contributed by atoms with Crippen molar-refractivity contribution in [3.8, 4) is 22.5 Å². The predicted molar refractivity (Wildman–Crippen MR) is 144 cm³/mol. The minimum atomic E-state index is -0.215. The number of benzene rings is 2. The number of rotatable bonds is 6. The van der Waals surface area contributed by atoms with Crippen LogP contribution < -0.4 is 10.6 Å². The number of carbonyl (C=O) groups excluding carboxylic acids is 1. The van der Waals surface area contributed by atoms with Gasteiger partial charge in [0.05, 0.1) is 6.20 Å². The van der Waals surface area contributed by atoms with E-state index in [4.69, 9.17) is 0 Å². The third-order valence-corrected chi connectivity index (χ3v) is 6.04. The van der Waals surface area contributed by atoms with Gasteiger partial charge in [-0.15, -0.1) is 0 Å². The van der Waals surface area contributed by atoms with Gasteiger partial charge < -0.3 is 15.6 Å². The van der Waals surface area contributed by atoms with Crippen LogP contribution in [0.4, 0.5) is 17.2 Å². The first-order chi connectivity index (χ1) is 18.1. The lowest BCUT2D eigenvalue weighted by Crippen LogP contribution is -2.13. The number of nitrogens with zero attached hydrogens (tertiary/aromatic N) is 4. The van der Waals surface area contributed by atoms with Crippen molar-refractivity contribution in [2.75, 3.05) is 10.6 Å². The van der Waals surface area contributed by atoms with Crippen molar-refractivity contribution in [3.05, 3.63) is 103 Å². The minimum absolute atomic E-state index is 0.215. The molecule has 9 heteroatoms. The second-order valence-corrected chi connectivity index (χ2v) is 8.58. The van der Waals surface area contributed by atoms with Gasteiger partial charge in [-0.3, -0.25) is 14.9 Å². The fourth-order valence-corrected chi connectivity index (χ4v) is 4.06. The average Bonchev–Trinajstić information content (AvgIpc) is 3.61. The van der Waals surface area contributed by atoms with Crippen molar-refractivity contribution in [1.82, 2.24) is 30.1 Å². The summed E-state index contributed by atoms with van der Waals surface area (Å²) in [5.41, 5.74) is 6.78. The van der Waals surface area contributed by atoms with Gasteiger partial charge in [-0.2, -0.15) is 5.10 Å². The molecule has 0 aliphatic carbocycles. The van der Waals surface area contributed by atoms with E-state index in [-0.39, 0.29) is 5.91 Å². The van der Waals surface area contributed by atoms with Crippen LogP contribution in [0.3, 0.4) is 0 Å². The molecule has 0 aliphatic heterocycles. The van der Waals surface area contributed by atoms with Gasteiger partial charge in [0.1, 0.15) is 11.5 Å². The zero-order valence-electron chi connectivity index (χ0n) is 19.9. The van der Waals surface area contributed by atoms with Gasteiger partial charge in [-0.1, -0.05) is 24.3 Å². The Balaban J connectivity index is 1.21. The van der Waals surface area contributed by atoms with Crippen LogP contribution in [0.2, 0.25) is 0 Å². The number of hydrogen-bond acceptors (Lipinski definition) is 6. The van der Waals surface area contributed by atoms with Gasteiger partial charge in [0.2, 0.25) is 0 Å². The molecule has 1 amide bonds. The third-order valence-electron chi connectivity index (χ3n) is 6.04. The molecule has 0 saturated heterocycles. The van der Waals surface area contributed by atoms with Gasteiger partial charge in [-0.25, -0.2) is 9.97 Å². The van der Waals surface area contributed by atoms with Crippen molar-refractivity contribution >= 4 is 34.0 Å². The first-order valence-corrected chi connectivity index (χ1v) is 11.7. The summed E-state index contributed by atoms with van der Waals surface area (Å²) < 4.78 is 0. The summed E-state index contributed by atoms with van der Waals surface area (Å²) in [4.78, 5) is 29.2. The summed E-state index contributed by atoms with van der Waals surface area (Å²) in [6, 6.07) is 19.3. The molecule has 0 bridgehead atoms. The molecule has 4 aromatic heterocycles. The molecule has 6 rings (SSSR count). The molecule has 9 nitrogen and oxygen atoms in total. The second kappa shape index (κ2) is 9.38. The molecule has 180 valence electrons. The average molecular weight is 487 g/mol. The van der Waals surface area contributed by atoms with Gasteiger partial charge >= 0.3 is 0 Å². The van der Waals surface area contributed by atoms with Gasteiger partial charge in [0, 0.05) is 58.2 Å².